The number of esters is 1. The van der Waals surface area contributed by atoms with Gasteiger partial charge in [-0.3, -0.25) is 0 Å². The lowest BCUT2D eigenvalue weighted by Gasteiger charge is -2.26. The van der Waals surface area contributed by atoms with Crippen molar-refractivity contribution in [3.8, 4) is 11.3 Å². The van der Waals surface area contributed by atoms with Gasteiger partial charge in [-0.05, 0) is 57.0 Å². The monoisotopic (exact) mass is 466 g/mol. The zero-order chi connectivity index (χ0) is 20.7. The van der Waals surface area contributed by atoms with Crippen molar-refractivity contribution in [2.24, 2.45) is 0 Å². The fraction of sp³-hybridized carbons (Fsp3) is 0.400. The Hall–Kier alpha value is -1.77. The molecule has 1 aliphatic rings. The van der Waals surface area contributed by atoms with E-state index in [0.29, 0.717) is 5.69 Å². The minimum atomic E-state index is -3.51. The predicted molar refractivity (Wildman–Crippen MR) is 111 cm³/mol. The molecule has 1 aromatic heterocycles. The molecular weight excluding hydrogens is 444 g/mol. The van der Waals surface area contributed by atoms with Gasteiger partial charge < -0.3 is 4.74 Å². The highest BCUT2D eigenvalue weighted by Gasteiger charge is 2.39. The van der Waals surface area contributed by atoms with Gasteiger partial charge >= 0.3 is 5.97 Å². The molecule has 2 heterocycles. The summed E-state index contributed by atoms with van der Waals surface area (Å²) in [4.78, 5) is 16.8. The lowest BCUT2D eigenvalue weighted by molar-refractivity contribution is 0.0519. The Bertz CT molecular complexity index is 1030. The number of aromatic nitrogens is 1. The average molecular weight is 467 g/mol. The second-order valence-corrected chi connectivity index (χ2v) is 11.2. The van der Waals surface area contributed by atoms with Gasteiger partial charge in [0.2, 0.25) is 10.0 Å². The summed E-state index contributed by atoms with van der Waals surface area (Å²) in [6.45, 7) is 7.47. The molecule has 0 spiro atoms. The Labute approximate surface area is 174 Å². The van der Waals surface area contributed by atoms with Crippen LogP contribution in [-0.2, 0) is 27.8 Å². The summed E-state index contributed by atoms with van der Waals surface area (Å²) in [5.74, 6) is -0.515. The molecule has 0 saturated carbocycles. The van der Waals surface area contributed by atoms with Crippen molar-refractivity contribution in [3.05, 3.63) is 51.6 Å². The maximum Gasteiger partial charge on any atom is 0.356 e. The fourth-order valence-electron chi connectivity index (χ4n) is 3.11. The number of carbonyl (C=O) groups excluding carboxylic acids is 1. The molecule has 1 aliphatic heterocycles. The molecule has 2 aromatic rings. The van der Waals surface area contributed by atoms with Gasteiger partial charge in [0, 0.05) is 23.1 Å². The molecule has 0 radical (unpaired) electrons. The molecule has 0 fully saturated rings. The van der Waals surface area contributed by atoms with Gasteiger partial charge in [-0.25, -0.2) is 18.2 Å². The zero-order valence-electron chi connectivity index (χ0n) is 16.3. The van der Waals surface area contributed by atoms with Crippen LogP contribution in [0.25, 0.3) is 11.3 Å². The first kappa shape index (κ1) is 21.0. The number of fused-ring (bicyclic) bond motifs is 1. The highest BCUT2D eigenvalue weighted by molar-refractivity contribution is 9.10. The molecule has 8 heteroatoms. The first-order chi connectivity index (χ1) is 13.0. The van der Waals surface area contributed by atoms with Crippen molar-refractivity contribution < 1.29 is 17.9 Å². The molecule has 6 nitrogen and oxygen atoms in total. The topological polar surface area (TPSA) is 76.6 Å². The van der Waals surface area contributed by atoms with Crippen LogP contribution in [0.5, 0.6) is 0 Å². The van der Waals surface area contributed by atoms with E-state index in [4.69, 9.17) is 4.74 Å². The van der Waals surface area contributed by atoms with Crippen molar-refractivity contribution >= 4 is 31.9 Å². The molecule has 0 atom stereocenters. The van der Waals surface area contributed by atoms with Crippen LogP contribution in [0.15, 0.2) is 34.8 Å². The Morgan fingerprint density at radius 3 is 2.57 bits per heavy atom. The second kappa shape index (κ2) is 7.57. The highest BCUT2D eigenvalue weighted by atomic mass is 79.9. The molecule has 0 unspecified atom stereocenters. The van der Waals surface area contributed by atoms with E-state index in [1.165, 1.54) is 4.31 Å². The lowest BCUT2D eigenvalue weighted by Crippen LogP contribution is -2.40. The Morgan fingerprint density at radius 2 is 1.96 bits per heavy atom. The molecule has 3 rings (SSSR count). The van der Waals surface area contributed by atoms with Crippen molar-refractivity contribution in [1.82, 2.24) is 9.29 Å². The fourth-order valence-corrected chi connectivity index (χ4v) is 4.89. The number of nitrogens with zero attached hydrogens (tertiary/aromatic N) is 2. The summed E-state index contributed by atoms with van der Waals surface area (Å²) in [6.07, 6.45) is 0. The van der Waals surface area contributed by atoms with E-state index < -0.39 is 20.7 Å². The average Bonchev–Trinajstić information content (AvgIpc) is 3.05. The standard InChI is InChI=1S/C20H23BrN2O4S/c1-5-27-19(24)17-10-14-11-23(28(25,26)20(2,3)4)12-16(14)18(22-17)13-7-6-8-15(21)9-13/h6-10H,5,11-12H2,1-4H3. The number of halogens is 1. The largest absolute Gasteiger partial charge is 0.461 e. The van der Waals surface area contributed by atoms with Crippen LogP contribution in [0.4, 0.5) is 0 Å². The van der Waals surface area contributed by atoms with Gasteiger partial charge in [0.15, 0.2) is 0 Å². The second-order valence-electron chi connectivity index (χ2n) is 7.61. The lowest BCUT2D eigenvalue weighted by atomic mass is 10.0. The number of pyridine rings is 1. The molecule has 0 aliphatic carbocycles. The molecule has 0 N–H and O–H groups in total. The number of ether oxygens (including phenoxy) is 1. The van der Waals surface area contributed by atoms with E-state index in [1.54, 1.807) is 33.8 Å². The van der Waals surface area contributed by atoms with Crippen molar-refractivity contribution in [3.63, 3.8) is 0 Å². The van der Waals surface area contributed by atoms with E-state index in [1.807, 2.05) is 24.3 Å². The molecule has 1 aromatic carbocycles. The van der Waals surface area contributed by atoms with Crippen molar-refractivity contribution in [2.75, 3.05) is 6.61 Å². The number of carbonyl (C=O) groups is 1. The Kier molecular flexibility index (Phi) is 5.67. The Balaban J connectivity index is 2.14. The van der Waals surface area contributed by atoms with Crippen molar-refractivity contribution in [2.45, 2.75) is 45.5 Å². The van der Waals surface area contributed by atoms with Gasteiger partial charge in [-0.2, -0.15) is 4.31 Å². The first-order valence-corrected chi connectivity index (χ1v) is 11.2. The van der Waals surface area contributed by atoms with Gasteiger partial charge in [0.1, 0.15) is 5.69 Å². The van der Waals surface area contributed by atoms with Gasteiger partial charge in [-0.1, -0.05) is 28.1 Å². The van der Waals surface area contributed by atoms with Gasteiger partial charge in [0.05, 0.1) is 17.0 Å². The van der Waals surface area contributed by atoms with E-state index in [9.17, 15) is 13.2 Å². The minimum Gasteiger partial charge on any atom is -0.461 e. The van der Waals surface area contributed by atoms with E-state index in [0.717, 1.165) is 21.2 Å². The smallest absolute Gasteiger partial charge is 0.356 e. The van der Waals surface area contributed by atoms with Crippen LogP contribution >= 0.6 is 15.9 Å². The summed E-state index contributed by atoms with van der Waals surface area (Å²) in [5.41, 5.74) is 3.20. The van der Waals surface area contributed by atoms with Crippen molar-refractivity contribution in [1.29, 1.82) is 0 Å². The third kappa shape index (κ3) is 3.86. The maximum absolute atomic E-state index is 13.0. The summed E-state index contributed by atoms with van der Waals surface area (Å²) in [5, 5.41) is 0. The quantitative estimate of drug-likeness (QED) is 0.632. The predicted octanol–water partition coefficient (Wildman–Crippen LogP) is 4.13. The van der Waals surface area contributed by atoms with Crippen LogP contribution in [0.2, 0.25) is 0 Å². The summed E-state index contributed by atoms with van der Waals surface area (Å²) < 4.78 is 32.4. The number of hydrogen-bond acceptors (Lipinski definition) is 5. The zero-order valence-corrected chi connectivity index (χ0v) is 18.7. The van der Waals surface area contributed by atoms with Crippen LogP contribution < -0.4 is 0 Å². The molecule has 0 saturated heterocycles. The maximum atomic E-state index is 13.0. The third-order valence-electron chi connectivity index (χ3n) is 4.59. The van der Waals surface area contributed by atoms with Crippen LogP contribution in [-0.4, -0.2) is 35.0 Å². The number of rotatable bonds is 4. The minimum absolute atomic E-state index is 0.186. The molecule has 28 heavy (non-hydrogen) atoms. The molecule has 0 bridgehead atoms. The normalized spacial score (nSPS) is 14.8. The number of sulfonamides is 1. The molecule has 0 amide bonds. The summed E-state index contributed by atoms with van der Waals surface area (Å²) >= 11 is 3.46. The van der Waals surface area contributed by atoms with Gasteiger partial charge in [-0.15, -0.1) is 0 Å². The first-order valence-electron chi connectivity index (χ1n) is 9.00. The molecule has 150 valence electrons. The SMILES string of the molecule is CCOC(=O)c1cc2c(c(-c3cccc(Br)c3)n1)CN(S(=O)(=O)C(C)(C)C)C2. The third-order valence-corrected chi connectivity index (χ3v) is 7.57. The number of hydrogen-bond donors (Lipinski definition) is 0. The number of benzene rings is 1. The summed E-state index contributed by atoms with van der Waals surface area (Å²) in [7, 11) is -3.51. The van der Waals surface area contributed by atoms with Crippen LogP contribution in [0.3, 0.4) is 0 Å². The summed E-state index contributed by atoms with van der Waals surface area (Å²) in [6, 6.07) is 9.22. The highest BCUT2D eigenvalue weighted by Crippen LogP contribution is 2.36. The Morgan fingerprint density at radius 1 is 1.25 bits per heavy atom. The van der Waals surface area contributed by atoms with E-state index >= 15 is 0 Å². The van der Waals surface area contributed by atoms with Crippen LogP contribution in [0.1, 0.15) is 49.3 Å². The van der Waals surface area contributed by atoms with Crippen LogP contribution in [0, 0.1) is 0 Å². The molecular formula is C20H23BrN2O4S. The van der Waals surface area contributed by atoms with E-state index in [2.05, 4.69) is 20.9 Å². The van der Waals surface area contributed by atoms with E-state index in [-0.39, 0.29) is 25.4 Å². The van der Waals surface area contributed by atoms with Gasteiger partial charge in [0.25, 0.3) is 0 Å².